The minimum Gasteiger partial charge on any atom is -0.311 e. The Bertz CT molecular complexity index is 1200. The highest BCUT2D eigenvalue weighted by atomic mass is 19.1. The first kappa shape index (κ1) is 21.6. The van der Waals surface area contributed by atoms with E-state index in [1.807, 2.05) is 12.1 Å². The summed E-state index contributed by atoms with van der Waals surface area (Å²) < 4.78 is 13.8. The first-order chi connectivity index (χ1) is 15.5. The van der Waals surface area contributed by atoms with Crippen molar-refractivity contribution in [3.8, 4) is 6.07 Å². The lowest BCUT2D eigenvalue weighted by Crippen LogP contribution is -2.23. The molecule has 1 fully saturated rings. The van der Waals surface area contributed by atoms with Crippen molar-refractivity contribution in [3.05, 3.63) is 71.5 Å². The Balaban J connectivity index is 1.40. The number of benzene rings is 1. The third kappa shape index (κ3) is 4.67. The van der Waals surface area contributed by atoms with E-state index in [9.17, 15) is 9.18 Å². The van der Waals surface area contributed by atoms with Crippen LogP contribution in [-0.2, 0) is 4.79 Å². The number of halogens is 1. The minimum atomic E-state index is -0.252. The summed E-state index contributed by atoms with van der Waals surface area (Å²) in [4.78, 5) is 20.7. The Hall–Kier alpha value is -3.59. The van der Waals surface area contributed by atoms with E-state index in [-0.39, 0.29) is 11.7 Å². The maximum Gasteiger partial charge on any atom is 0.225 e. The van der Waals surface area contributed by atoms with Crippen molar-refractivity contribution in [2.75, 3.05) is 0 Å². The average molecular weight is 429 g/mol. The summed E-state index contributed by atoms with van der Waals surface area (Å²) in [6, 6.07) is 8.71. The number of hydrogen-bond acceptors (Lipinski definition) is 4. The van der Waals surface area contributed by atoms with E-state index in [1.165, 1.54) is 11.6 Å². The van der Waals surface area contributed by atoms with E-state index < -0.39 is 0 Å². The molecule has 2 aliphatic carbocycles. The molecule has 1 N–H and O–H groups in total. The van der Waals surface area contributed by atoms with Crippen molar-refractivity contribution in [1.29, 1.82) is 5.26 Å². The second-order valence-corrected chi connectivity index (χ2v) is 8.60. The summed E-state index contributed by atoms with van der Waals surface area (Å²) in [7, 11) is 0. The van der Waals surface area contributed by atoms with Gasteiger partial charge in [-0.3, -0.25) is 9.78 Å². The number of hydrogen-bond donors (Lipinski definition) is 1. The molecular weight excluding hydrogens is 403 g/mol. The number of nitriles is 1. The summed E-state index contributed by atoms with van der Waals surface area (Å²) in [5.74, 6) is 1.27. The van der Waals surface area contributed by atoms with Crippen LogP contribution >= 0.6 is 0 Å². The van der Waals surface area contributed by atoms with Gasteiger partial charge in [0.2, 0.25) is 5.91 Å². The van der Waals surface area contributed by atoms with Crippen molar-refractivity contribution in [2.45, 2.75) is 32.6 Å². The molecule has 2 aliphatic rings. The van der Waals surface area contributed by atoms with Gasteiger partial charge in [0.1, 0.15) is 11.6 Å². The second kappa shape index (κ2) is 9.27. The molecule has 0 spiro atoms. The van der Waals surface area contributed by atoms with Crippen LogP contribution in [0.25, 0.3) is 16.5 Å². The van der Waals surface area contributed by atoms with Crippen molar-refractivity contribution < 1.29 is 9.18 Å². The minimum absolute atomic E-state index is 0.0866. The molecule has 1 saturated carbocycles. The summed E-state index contributed by atoms with van der Waals surface area (Å²) in [5, 5.41) is 12.5. The van der Waals surface area contributed by atoms with Gasteiger partial charge in [0.05, 0.1) is 11.6 Å². The van der Waals surface area contributed by atoms with E-state index in [2.05, 4.69) is 28.1 Å². The maximum atomic E-state index is 13.8. The van der Waals surface area contributed by atoms with Gasteiger partial charge in [0.25, 0.3) is 0 Å². The largest absolute Gasteiger partial charge is 0.311 e. The number of nitrogens with one attached hydrogen (secondary N) is 1. The first-order valence-electron chi connectivity index (χ1n) is 10.8. The molecule has 0 bridgehead atoms. The van der Waals surface area contributed by atoms with E-state index in [1.54, 1.807) is 37.4 Å². The molecule has 0 aliphatic heterocycles. The van der Waals surface area contributed by atoms with Crippen LogP contribution in [0.5, 0.6) is 0 Å². The van der Waals surface area contributed by atoms with E-state index in [0.717, 1.165) is 35.7 Å². The molecule has 1 aromatic carbocycles. The molecule has 0 radical (unpaired) electrons. The van der Waals surface area contributed by atoms with Gasteiger partial charge in [-0.1, -0.05) is 6.08 Å². The van der Waals surface area contributed by atoms with Crippen LogP contribution in [0.15, 0.2) is 65.1 Å². The monoisotopic (exact) mass is 428 g/mol. The smallest absolute Gasteiger partial charge is 0.225 e. The van der Waals surface area contributed by atoms with E-state index in [0.29, 0.717) is 35.6 Å². The molecule has 4 rings (SSSR count). The highest BCUT2D eigenvalue weighted by molar-refractivity contribution is 5.92. The topological polar surface area (TPSA) is 78.1 Å². The van der Waals surface area contributed by atoms with Crippen LogP contribution < -0.4 is 5.32 Å². The first-order valence-corrected chi connectivity index (χ1v) is 10.8. The van der Waals surface area contributed by atoms with Gasteiger partial charge in [-0.2, -0.15) is 5.26 Å². The number of aromatic nitrogens is 1. The maximum absolute atomic E-state index is 13.8. The van der Waals surface area contributed by atoms with E-state index in [4.69, 9.17) is 5.26 Å². The Kier molecular flexibility index (Phi) is 6.27. The molecule has 3 atom stereocenters. The third-order valence-corrected chi connectivity index (χ3v) is 6.37. The molecule has 162 valence electrons. The Morgan fingerprint density at radius 2 is 2.22 bits per heavy atom. The summed E-state index contributed by atoms with van der Waals surface area (Å²) in [6.07, 6.45) is 10.6. The summed E-state index contributed by atoms with van der Waals surface area (Å²) >= 11 is 0. The van der Waals surface area contributed by atoms with Crippen LogP contribution in [0.4, 0.5) is 4.39 Å². The van der Waals surface area contributed by atoms with Gasteiger partial charge < -0.3 is 5.32 Å². The van der Waals surface area contributed by atoms with Crippen molar-refractivity contribution in [3.63, 3.8) is 0 Å². The molecular formula is C26H25FN4O. The van der Waals surface area contributed by atoms with Gasteiger partial charge in [-0.25, -0.2) is 9.38 Å². The molecule has 32 heavy (non-hydrogen) atoms. The Labute approximate surface area is 187 Å². The average Bonchev–Trinajstić information content (AvgIpc) is 3.34. The van der Waals surface area contributed by atoms with Gasteiger partial charge in [0.15, 0.2) is 0 Å². The molecule has 2 aromatic rings. The molecule has 5 nitrogen and oxygen atoms in total. The molecule has 1 amide bonds. The van der Waals surface area contributed by atoms with Gasteiger partial charge in [-0.05, 0) is 98.2 Å². The SMILES string of the molecule is C=N/C(=C\C=C(/C)C#N)NC(=O)C[C@@H]1C[C@@H]2CC(c3ccnc4ccc(F)cc34)=C[C@@H]2C1. The second-order valence-electron chi connectivity index (χ2n) is 8.60. The highest BCUT2D eigenvalue weighted by Crippen LogP contribution is 2.49. The number of nitrogens with zero attached hydrogens (tertiary/aromatic N) is 3. The van der Waals surface area contributed by atoms with Gasteiger partial charge >= 0.3 is 0 Å². The highest BCUT2D eigenvalue weighted by Gasteiger charge is 2.38. The number of pyridine rings is 1. The molecule has 0 saturated heterocycles. The normalized spacial score (nSPS) is 22.9. The molecule has 0 unspecified atom stereocenters. The van der Waals surface area contributed by atoms with Gasteiger partial charge in [-0.15, -0.1) is 0 Å². The van der Waals surface area contributed by atoms with E-state index >= 15 is 0 Å². The quantitative estimate of drug-likeness (QED) is 0.384. The fourth-order valence-corrected chi connectivity index (χ4v) is 4.92. The Morgan fingerprint density at radius 1 is 1.38 bits per heavy atom. The lowest BCUT2D eigenvalue weighted by atomic mass is 9.94. The standard InChI is InChI=1S/C26H25FN4O/c1-16(15-28)3-6-25(29-2)31-26(32)11-17-9-18-12-20(13-19(18)10-17)22-7-8-30-24-5-4-21(27)14-23(22)24/h3-8,12,14,17-19H,2,9-11,13H2,1H3,(H,31,32)/b16-3+,25-6+/t17-,18-,19+/m0/s1. The third-order valence-electron chi connectivity index (χ3n) is 6.37. The van der Waals surface area contributed by atoms with Crippen LogP contribution in [0.1, 0.15) is 38.2 Å². The van der Waals surface area contributed by atoms with Crippen LogP contribution in [-0.4, -0.2) is 17.6 Å². The predicted molar refractivity (Wildman–Crippen MR) is 124 cm³/mol. The van der Waals surface area contributed by atoms with Crippen molar-refractivity contribution in [1.82, 2.24) is 10.3 Å². The number of aliphatic imine (C=N–C) groups is 1. The van der Waals surface area contributed by atoms with Crippen LogP contribution in [0.3, 0.4) is 0 Å². The predicted octanol–water partition coefficient (Wildman–Crippen LogP) is 5.32. The van der Waals surface area contributed by atoms with Crippen molar-refractivity contribution >= 4 is 29.1 Å². The number of fused-ring (bicyclic) bond motifs is 2. The van der Waals surface area contributed by atoms with Gasteiger partial charge in [0, 0.05) is 23.6 Å². The molecule has 1 aromatic heterocycles. The number of allylic oxidation sites excluding steroid dienone is 5. The number of amides is 1. The van der Waals surface area contributed by atoms with Crippen molar-refractivity contribution in [2.24, 2.45) is 22.7 Å². The summed E-state index contributed by atoms with van der Waals surface area (Å²) in [5.41, 5.74) is 3.64. The lowest BCUT2D eigenvalue weighted by molar-refractivity contribution is -0.121. The summed E-state index contributed by atoms with van der Waals surface area (Å²) in [6.45, 7) is 5.16. The fraction of sp³-hybridized carbons (Fsp3) is 0.308. The zero-order chi connectivity index (χ0) is 22.7. The number of rotatable bonds is 6. The fourth-order valence-electron chi connectivity index (χ4n) is 4.92. The number of carbonyl (C=O) groups excluding carboxylic acids is 1. The van der Waals surface area contributed by atoms with Crippen LogP contribution in [0, 0.1) is 34.9 Å². The van der Waals surface area contributed by atoms with Crippen LogP contribution in [0.2, 0.25) is 0 Å². The molecule has 1 heterocycles. The molecule has 6 heteroatoms. The lowest BCUT2D eigenvalue weighted by Gasteiger charge is -2.13. The zero-order valence-electron chi connectivity index (χ0n) is 18.0. The number of carbonyl (C=O) groups is 1. The Morgan fingerprint density at radius 3 is 2.97 bits per heavy atom. The zero-order valence-corrected chi connectivity index (χ0v) is 18.0.